The average Bonchev–Trinajstić information content (AvgIpc) is 3.44. The molecule has 0 radical (unpaired) electrons. The zero-order valence-corrected chi connectivity index (χ0v) is 18.1. The number of hydrogen-bond acceptors (Lipinski definition) is 6. The van der Waals surface area contributed by atoms with Crippen LogP contribution in [0.15, 0.2) is 59.6 Å². The summed E-state index contributed by atoms with van der Waals surface area (Å²) >= 11 is 0. The van der Waals surface area contributed by atoms with Crippen molar-refractivity contribution < 1.29 is 24.1 Å². The Balaban J connectivity index is 0.00000259. The predicted octanol–water partition coefficient (Wildman–Crippen LogP) is 3.35. The van der Waals surface area contributed by atoms with Gasteiger partial charge in [-0.15, -0.1) is 0 Å². The molecule has 166 valence electrons. The van der Waals surface area contributed by atoms with Gasteiger partial charge >= 0.3 is 0 Å². The van der Waals surface area contributed by atoms with E-state index in [1.807, 2.05) is 25.1 Å². The van der Waals surface area contributed by atoms with Gasteiger partial charge in [0.25, 0.3) is 0 Å². The third-order valence-electron chi connectivity index (χ3n) is 5.94. The first-order valence-electron chi connectivity index (χ1n) is 10.1. The normalized spacial score (nSPS) is 15.9. The summed E-state index contributed by atoms with van der Waals surface area (Å²) in [4.78, 5) is 17.5. The summed E-state index contributed by atoms with van der Waals surface area (Å²) in [5.41, 5.74) is 2.57. The molecule has 1 aliphatic carbocycles. The Hall–Kier alpha value is -3.43. The molecule has 0 saturated heterocycles. The zero-order valence-electron chi connectivity index (χ0n) is 17.3. The van der Waals surface area contributed by atoms with Crippen LogP contribution < -0.4 is 19.9 Å². The second-order valence-electron chi connectivity index (χ2n) is 8.06. The number of anilines is 1. The van der Waals surface area contributed by atoms with Crippen molar-refractivity contribution in [2.24, 2.45) is 5.14 Å². The molecule has 0 spiro atoms. The Kier molecular flexibility index (Phi) is 4.68. The van der Waals surface area contributed by atoms with E-state index in [9.17, 15) is 13.2 Å². The quantitative estimate of drug-likeness (QED) is 0.611. The van der Waals surface area contributed by atoms with Crippen molar-refractivity contribution in [3.05, 3.63) is 65.9 Å². The minimum atomic E-state index is -3.80. The monoisotopic (exact) mass is 453 g/mol. The van der Waals surface area contributed by atoms with Gasteiger partial charge in [-0.1, -0.05) is 18.2 Å². The summed E-state index contributed by atoms with van der Waals surface area (Å²) in [5.74, 6) is 1.66. The maximum Gasteiger partial charge on any atom is 0.238 e. The van der Waals surface area contributed by atoms with Gasteiger partial charge in [0.05, 0.1) is 10.3 Å². The van der Waals surface area contributed by atoms with Crippen molar-refractivity contribution in [3.63, 3.8) is 0 Å². The van der Waals surface area contributed by atoms with Crippen LogP contribution in [0.5, 0.6) is 11.5 Å². The number of nitrogens with two attached hydrogens (primary N) is 1. The number of aromatic nitrogens is 1. The van der Waals surface area contributed by atoms with E-state index in [2.05, 4.69) is 10.3 Å². The highest BCUT2D eigenvalue weighted by Crippen LogP contribution is 2.51. The van der Waals surface area contributed by atoms with Crippen LogP contribution in [0, 0.1) is 6.92 Å². The second kappa shape index (κ2) is 7.32. The van der Waals surface area contributed by atoms with Gasteiger partial charge in [-0.25, -0.2) is 18.5 Å². The molecule has 1 aromatic heterocycles. The Morgan fingerprint density at radius 3 is 2.62 bits per heavy atom. The highest BCUT2D eigenvalue weighted by Gasteiger charge is 2.51. The maximum absolute atomic E-state index is 13.1. The fourth-order valence-electron chi connectivity index (χ4n) is 3.97. The summed E-state index contributed by atoms with van der Waals surface area (Å²) in [6, 6.07) is 13.7. The number of sulfonamides is 1. The standard InChI is InChI=1S/C23H21N3O5S.H2/c1-14-9-21(25-12-18(14)15-3-2-4-17(10-15)32(24,28)29)26-22(27)23(7-8-23)16-5-6-19-20(11-16)31-13-30-19;/h2-6,9-12H,7-8,13H2,1H3,(H2,24,28,29)(H,25,26,27);1H. The number of carbonyl (C=O) groups is 1. The maximum atomic E-state index is 13.1. The Morgan fingerprint density at radius 2 is 1.91 bits per heavy atom. The molecule has 3 aromatic rings. The van der Waals surface area contributed by atoms with E-state index in [1.54, 1.807) is 24.4 Å². The fraction of sp³-hybridized carbons (Fsp3) is 0.217. The molecule has 2 aromatic carbocycles. The number of pyridine rings is 1. The van der Waals surface area contributed by atoms with Gasteiger partial charge in [0.1, 0.15) is 5.82 Å². The van der Waals surface area contributed by atoms with Crippen LogP contribution >= 0.6 is 0 Å². The Morgan fingerprint density at radius 1 is 1.12 bits per heavy atom. The first-order valence-corrected chi connectivity index (χ1v) is 11.6. The molecular formula is C23H23N3O5S. The Labute approximate surface area is 186 Å². The van der Waals surface area contributed by atoms with Gasteiger partial charge in [0, 0.05) is 13.2 Å². The first kappa shape index (κ1) is 20.5. The van der Waals surface area contributed by atoms with Gasteiger partial charge in [-0.3, -0.25) is 4.79 Å². The van der Waals surface area contributed by atoms with E-state index < -0.39 is 15.4 Å². The third kappa shape index (κ3) is 3.59. The molecule has 2 aliphatic rings. The molecule has 3 N–H and O–H groups in total. The molecule has 32 heavy (non-hydrogen) atoms. The summed E-state index contributed by atoms with van der Waals surface area (Å²) in [5, 5.41) is 8.17. The SMILES string of the molecule is Cc1cc(NC(=O)C2(c3ccc4c(c3)OCO4)CC2)ncc1-c1cccc(S(N)(=O)=O)c1.[HH]. The molecule has 1 amide bonds. The van der Waals surface area contributed by atoms with Crippen LogP contribution in [0.25, 0.3) is 11.1 Å². The number of primary sulfonamides is 1. The fourth-order valence-corrected chi connectivity index (χ4v) is 4.53. The number of nitrogens with zero attached hydrogens (tertiary/aromatic N) is 1. The van der Waals surface area contributed by atoms with Crippen molar-refractivity contribution in [1.29, 1.82) is 0 Å². The molecule has 2 heterocycles. The number of carbonyl (C=O) groups excluding carboxylic acids is 1. The number of hydrogen-bond donors (Lipinski definition) is 2. The number of ether oxygens (including phenoxy) is 2. The lowest BCUT2D eigenvalue weighted by Gasteiger charge is -2.17. The van der Waals surface area contributed by atoms with Gasteiger partial charge < -0.3 is 14.8 Å². The number of nitrogens with one attached hydrogen (secondary N) is 1. The second-order valence-corrected chi connectivity index (χ2v) is 9.62. The molecular weight excluding hydrogens is 430 g/mol. The van der Waals surface area contributed by atoms with Crippen molar-refractivity contribution in [3.8, 4) is 22.6 Å². The lowest BCUT2D eigenvalue weighted by molar-refractivity contribution is -0.118. The summed E-state index contributed by atoms with van der Waals surface area (Å²) in [6.07, 6.45) is 3.11. The number of amides is 1. The molecule has 1 fully saturated rings. The van der Waals surface area contributed by atoms with E-state index in [4.69, 9.17) is 14.6 Å². The minimum Gasteiger partial charge on any atom is -0.454 e. The van der Waals surface area contributed by atoms with Crippen molar-refractivity contribution in [1.82, 2.24) is 4.98 Å². The van der Waals surface area contributed by atoms with Crippen molar-refractivity contribution in [2.75, 3.05) is 12.1 Å². The molecule has 5 rings (SSSR count). The van der Waals surface area contributed by atoms with Gasteiger partial charge in [-0.05, 0) is 66.8 Å². The summed E-state index contributed by atoms with van der Waals surface area (Å²) in [6.45, 7) is 2.06. The van der Waals surface area contributed by atoms with Crippen LogP contribution in [0.4, 0.5) is 5.82 Å². The van der Waals surface area contributed by atoms with Gasteiger partial charge in [-0.2, -0.15) is 0 Å². The third-order valence-corrected chi connectivity index (χ3v) is 6.85. The van der Waals surface area contributed by atoms with Crippen LogP contribution in [-0.4, -0.2) is 26.1 Å². The van der Waals surface area contributed by atoms with E-state index in [1.165, 1.54) is 12.1 Å². The first-order chi connectivity index (χ1) is 15.3. The molecule has 0 bridgehead atoms. The van der Waals surface area contributed by atoms with E-state index in [-0.39, 0.29) is 19.0 Å². The average molecular weight is 454 g/mol. The summed E-state index contributed by atoms with van der Waals surface area (Å²) in [7, 11) is -3.80. The number of benzene rings is 2. The van der Waals surface area contributed by atoms with E-state index in [0.717, 1.165) is 29.5 Å². The molecule has 0 unspecified atom stereocenters. The number of rotatable bonds is 5. The Bertz CT molecular complexity index is 1360. The van der Waals surface area contributed by atoms with Crippen LogP contribution in [0.3, 0.4) is 0 Å². The smallest absolute Gasteiger partial charge is 0.238 e. The van der Waals surface area contributed by atoms with Crippen LogP contribution in [-0.2, 0) is 20.2 Å². The lowest BCUT2D eigenvalue weighted by Crippen LogP contribution is -2.28. The van der Waals surface area contributed by atoms with E-state index in [0.29, 0.717) is 22.9 Å². The zero-order chi connectivity index (χ0) is 22.5. The lowest BCUT2D eigenvalue weighted by atomic mass is 9.94. The number of fused-ring (bicyclic) bond motifs is 1. The largest absolute Gasteiger partial charge is 0.454 e. The molecule has 1 aliphatic heterocycles. The highest BCUT2D eigenvalue weighted by molar-refractivity contribution is 7.89. The molecule has 8 nitrogen and oxygen atoms in total. The van der Waals surface area contributed by atoms with Crippen molar-refractivity contribution >= 4 is 21.7 Å². The van der Waals surface area contributed by atoms with Gasteiger partial charge in [0.2, 0.25) is 22.7 Å². The van der Waals surface area contributed by atoms with Gasteiger partial charge in [0.15, 0.2) is 11.5 Å². The van der Waals surface area contributed by atoms with Crippen LogP contribution in [0.2, 0.25) is 0 Å². The molecule has 9 heteroatoms. The predicted molar refractivity (Wildman–Crippen MR) is 120 cm³/mol. The van der Waals surface area contributed by atoms with Crippen molar-refractivity contribution in [2.45, 2.75) is 30.1 Å². The molecule has 1 saturated carbocycles. The highest BCUT2D eigenvalue weighted by atomic mass is 32.2. The number of aryl methyl sites for hydroxylation is 1. The van der Waals surface area contributed by atoms with Crippen LogP contribution in [0.1, 0.15) is 25.4 Å². The molecule has 0 atom stereocenters. The topological polar surface area (TPSA) is 121 Å². The summed E-state index contributed by atoms with van der Waals surface area (Å²) < 4.78 is 34.1. The van der Waals surface area contributed by atoms with E-state index >= 15 is 0 Å². The minimum absolute atomic E-state index is 0.